The van der Waals surface area contributed by atoms with Gasteiger partial charge in [-0.3, -0.25) is 0 Å². The molecule has 1 atom stereocenters. The maximum atomic E-state index is 3.69. The van der Waals surface area contributed by atoms with Crippen LogP contribution in [0, 0.1) is 5.92 Å². The van der Waals surface area contributed by atoms with Gasteiger partial charge in [-0.1, -0.05) is 70.2 Å². The van der Waals surface area contributed by atoms with E-state index >= 15 is 0 Å². The molecule has 1 heteroatoms. The Morgan fingerprint density at radius 3 is 2.15 bits per heavy atom. The van der Waals surface area contributed by atoms with Crippen LogP contribution in [0.5, 0.6) is 0 Å². The first-order valence-corrected chi connectivity index (χ1v) is 8.50. The molecule has 0 aromatic heterocycles. The predicted molar refractivity (Wildman–Crippen MR) is 88.1 cm³/mol. The van der Waals surface area contributed by atoms with E-state index in [0.717, 1.165) is 12.5 Å². The average Bonchev–Trinajstić information content (AvgIpc) is 2.48. The van der Waals surface area contributed by atoms with Crippen LogP contribution in [0.2, 0.25) is 0 Å². The number of rotatable bonds is 6. The van der Waals surface area contributed by atoms with Crippen LogP contribution in [0.3, 0.4) is 0 Å². The number of benzene rings is 1. The van der Waals surface area contributed by atoms with E-state index < -0.39 is 0 Å². The second-order valence-corrected chi connectivity index (χ2v) is 6.79. The van der Waals surface area contributed by atoms with Gasteiger partial charge in [-0.15, -0.1) is 0 Å². The molecule has 0 spiro atoms. The number of hydrogen-bond acceptors (Lipinski definition) is 1. The molecule has 1 aromatic carbocycles. The molecule has 1 unspecified atom stereocenters. The Labute approximate surface area is 125 Å². The summed E-state index contributed by atoms with van der Waals surface area (Å²) in [6, 6.07) is 9.60. The Hall–Kier alpha value is -0.820. The van der Waals surface area contributed by atoms with E-state index in [1.807, 2.05) is 0 Å². The molecule has 2 rings (SSSR count). The van der Waals surface area contributed by atoms with Gasteiger partial charge >= 0.3 is 0 Å². The van der Waals surface area contributed by atoms with Crippen LogP contribution in [0.25, 0.3) is 0 Å². The molecule has 20 heavy (non-hydrogen) atoms. The first kappa shape index (κ1) is 15.6. The Kier molecular flexibility index (Phi) is 6.09. The smallest absolute Gasteiger partial charge is 0.0291 e. The third-order valence-electron chi connectivity index (χ3n) is 4.83. The highest BCUT2D eigenvalue weighted by Crippen LogP contribution is 2.26. The lowest BCUT2D eigenvalue weighted by Gasteiger charge is -2.23. The molecule has 0 saturated heterocycles. The van der Waals surface area contributed by atoms with Gasteiger partial charge in [-0.25, -0.2) is 0 Å². The average molecular weight is 273 g/mol. The minimum Gasteiger partial charge on any atom is -0.310 e. The van der Waals surface area contributed by atoms with Gasteiger partial charge in [0.2, 0.25) is 0 Å². The molecule has 0 radical (unpaired) electrons. The lowest BCUT2D eigenvalue weighted by molar-refractivity contribution is 0.329. The van der Waals surface area contributed by atoms with Gasteiger partial charge in [0, 0.05) is 6.04 Å². The van der Waals surface area contributed by atoms with Crippen molar-refractivity contribution in [3.8, 4) is 0 Å². The van der Waals surface area contributed by atoms with E-state index in [1.165, 1.54) is 49.7 Å². The fraction of sp³-hybridized carbons (Fsp3) is 0.684. The molecule has 0 bridgehead atoms. The zero-order chi connectivity index (χ0) is 14.4. The minimum atomic E-state index is 0.472. The maximum absolute atomic E-state index is 3.69. The normalized spacial score (nSPS) is 18.4. The highest BCUT2D eigenvalue weighted by molar-refractivity contribution is 5.26. The van der Waals surface area contributed by atoms with Gasteiger partial charge in [0.25, 0.3) is 0 Å². The van der Waals surface area contributed by atoms with Gasteiger partial charge in [0.05, 0.1) is 0 Å². The van der Waals surface area contributed by atoms with Crippen LogP contribution in [-0.4, -0.2) is 6.54 Å². The summed E-state index contributed by atoms with van der Waals surface area (Å²) < 4.78 is 0. The zero-order valence-corrected chi connectivity index (χ0v) is 13.5. The Balaban J connectivity index is 1.74. The van der Waals surface area contributed by atoms with Crippen molar-refractivity contribution in [2.24, 2.45) is 5.92 Å². The molecule has 0 aliphatic heterocycles. The fourth-order valence-electron chi connectivity index (χ4n) is 3.27. The Morgan fingerprint density at radius 1 is 0.950 bits per heavy atom. The van der Waals surface area contributed by atoms with Crippen LogP contribution in [-0.2, 0) is 0 Å². The maximum Gasteiger partial charge on any atom is 0.0291 e. The molecule has 1 fully saturated rings. The van der Waals surface area contributed by atoms with E-state index in [-0.39, 0.29) is 0 Å². The van der Waals surface area contributed by atoms with E-state index in [4.69, 9.17) is 0 Å². The molecule has 1 N–H and O–H groups in total. The summed E-state index contributed by atoms with van der Waals surface area (Å²) in [5.41, 5.74) is 2.85. The van der Waals surface area contributed by atoms with Gasteiger partial charge in [0.1, 0.15) is 0 Å². The predicted octanol–water partition coefficient (Wildman–Crippen LogP) is 5.43. The molecule has 1 aromatic rings. The quantitative estimate of drug-likeness (QED) is 0.728. The highest BCUT2D eigenvalue weighted by atomic mass is 14.9. The van der Waals surface area contributed by atoms with Crippen LogP contribution in [0.4, 0.5) is 0 Å². The van der Waals surface area contributed by atoms with Gasteiger partial charge in [-0.2, -0.15) is 0 Å². The number of nitrogens with one attached hydrogen (secondary N) is 1. The summed E-state index contributed by atoms with van der Waals surface area (Å²) >= 11 is 0. The van der Waals surface area contributed by atoms with E-state index in [2.05, 4.69) is 50.4 Å². The third-order valence-corrected chi connectivity index (χ3v) is 4.83. The molecular weight excluding hydrogens is 242 g/mol. The van der Waals surface area contributed by atoms with Gasteiger partial charge in [-0.05, 0) is 42.9 Å². The first-order valence-electron chi connectivity index (χ1n) is 8.50. The minimum absolute atomic E-state index is 0.472. The molecular formula is C19H31N. The van der Waals surface area contributed by atoms with Crippen LogP contribution >= 0.6 is 0 Å². The highest BCUT2D eigenvalue weighted by Gasteiger charge is 2.13. The van der Waals surface area contributed by atoms with Crippen molar-refractivity contribution in [2.75, 3.05) is 6.54 Å². The monoisotopic (exact) mass is 273 g/mol. The van der Waals surface area contributed by atoms with Crippen LogP contribution in [0.15, 0.2) is 24.3 Å². The molecule has 112 valence electrons. The second kappa shape index (κ2) is 7.83. The van der Waals surface area contributed by atoms with Gasteiger partial charge in [0.15, 0.2) is 0 Å². The topological polar surface area (TPSA) is 12.0 Å². The van der Waals surface area contributed by atoms with Crippen molar-refractivity contribution in [3.05, 3.63) is 35.4 Å². The number of hydrogen-bond donors (Lipinski definition) is 1. The Morgan fingerprint density at radius 2 is 1.55 bits per heavy atom. The van der Waals surface area contributed by atoms with Gasteiger partial charge < -0.3 is 5.32 Å². The largest absolute Gasteiger partial charge is 0.310 e. The summed E-state index contributed by atoms with van der Waals surface area (Å²) in [5.74, 6) is 1.60. The fourth-order valence-corrected chi connectivity index (χ4v) is 3.27. The molecule has 0 amide bonds. The second-order valence-electron chi connectivity index (χ2n) is 6.79. The van der Waals surface area contributed by atoms with Crippen molar-refractivity contribution in [1.82, 2.24) is 5.32 Å². The van der Waals surface area contributed by atoms with E-state index in [9.17, 15) is 0 Å². The molecule has 1 saturated carbocycles. The summed E-state index contributed by atoms with van der Waals surface area (Å²) in [4.78, 5) is 0. The Bertz CT molecular complexity index is 373. The molecule has 1 aliphatic rings. The summed E-state index contributed by atoms with van der Waals surface area (Å²) in [6.07, 6.45) is 8.64. The lowest BCUT2D eigenvalue weighted by atomic mass is 9.87. The van der Waals surface area contributed by atoms with Crippen molar-refractivity contribution in [3.63, 3.8) is 0 Å². The van der Waals surface area contributed by atoms with Crippen molar-refractivity contribution >= 4 is 0 Å². The molecule has 0 heterocycles. The van der Waals surface area contributed by atoms with Crippen molar-refractivity contribution < 1.29 is 0 Å². The van der Waals surface area contributed by atoms with Crippen LogP contribution in [0.1, 0.15) is 82.4 Å². The summed E-state index contributed by atoms with van der Waals surface area (Å²) in [7, 11) is 0. The summed E-state index contributed by atoms with van der Waals surface area (Å²) in [5, 5.41) is 3.69. The first-order chi connectivity index (χ1) is 9.66. The van der Waals surface area contributed by atoms with Crippen LogP contribution < -0.4 is 5.32 Å². The zero-order valence-electron chi connectivity index (χ0n) is 13.5. The standard InChI is InChI=1S/C19H31N/c1-15(2)18-9-11-19(12-10-18)16(3)20-14-13-17-7-5-4-6-8-17/h9-12,15-17,20H,4-8,13-14H2,1-3H3. The van der Waals surface area contributed by atoms with E-state index in [1.54, 1.807) is 0 Å². The SMILES string of the molecule is CC(C)c1ccc(C(C)NCCC2CCCCC2)cc1. The van der Waals surface area contributed by atoms with Crippen molar-refractivity contribution in [2.45, 2.75) is 71.3 Å². The molecule has 1 aliphatic carbocycles. The summed E-state index contributed by atoms with van der Waals surface area (Å²) in [6.45, 7) is 7.95. The third kappa shape index (κ3) is 4.63. The van der Waals surface area contributed by atoms with Crippen molar-refractivity contribution in [1.29, 1.82) is 0 Å². The van der Waals surface area contributed by atoms with E-state index in [0.29, 0.717) is 12.0 Å². The molecule has 1 nitrogen and oxygen atoms in total. The lowest BCUT2D eigenvalue weighted by Crippen LogP contribution is -2.22.